The average Bonchev–Trinajstić information content (AvgIpc) is 3.11. The van der Waals surface area contributed by atoms with Crippen LogP contribution in [0.1, 0.15) is 51.4 Å². The van der Waals surface area contributed by atoms with Gasteiger partial charge in [-0.1, -0.05) is 20.8 Å². The van der Waals surface area contributed by atoms with Crippen LogP contribution in [-0.2, 0) is 9.59 Å². The van der Waals surface area contributed by atoms with Gasteiger partial charge in [0.1, 0.15) is 17.8 Å². The van der Waals surface area contributed by atoms with E-state index in [9.17, 15) is 18.8 Å². The predicted molar refractivity (Wildman–Crippen MR) is 121 cm³/mol. The molecule has 2 atom stereocenters. The van der Waals surface area contributed by atoms with Crippen LogP contribution in [0.4, 0.5) is 14.9 Å². The first-order valence-electron chi connectivity index (χ1n) is 11.2. The number of aryl methyl sites for hydroxylation is 2. The van der Waals surface area contributed by atoms with Crippen LogP contribution >= 0.6 is 0 Å². The van der Waals surface area contributed by atoms with Crippen molar-refractivity contribution in [2.24, 2.45) is 11.3 Å². The Balaban J connectivity index is 1.46. The van der Waals surface area contributed by atoms with Crippen molar-refractivity contribution in [1.29, 1.82) is 0 Å². The van der Waals surface area contributed by atoms with Crippen molar-refractivity contribution in [3.63, 3.8) is 0 Å². The van der Waals surface area contributed by atoms with Crippen molar-refractivity contribution in [2.75, 3.05) is 11.9 Å². The Morgan fingerprint density at radius 3 is 2.58 bits per heavy atom. The van der Waals surface area contributed by atoms with Gasteiger partial charge >= 0.3 is 6.03 Å². The number of aromatic nitrogens is 2. The zero-order valence-corrected chi connectivity index (χ0v) is 19.7. The van der Waals surface area contributed by atoms with Gasteiger partial charge in [0.15, 0.2) is 5.82 Å². The normalized spacial score (nSPS) is 24.3. The van der Waals surface area contributed by atoms with Gasteiger partial charge < -0.3 is 10.6 Å². The molecule has 1 saturated heterocycles. The molecule has 4 amide bonds. The third-order valence-corrected chi connectivity index (χ3v) is 6.40. The molecule has 9 heteroatoms. The van der Waals surface area contributed by atoms with E-state index in [0.717, 1.165) is 22.7 Å². The maximum absolute atomic E-state index is 14.7. The number of rotatable bonds is 4. The molecule has 176 valence electrons. The van der Waals surface area contributed by atoms with Crippen molar-refractivity contribution < 1.29 is 18.8 Å². The largest absolute Gasteiger partial charge is 0.325 e. The highest BCUT2D eigenvalue weighted by Crippen LogP contribution is 2.46. The van der Waals surface area contributed by atoms with Crippen LogP contribution in [-0.4, -0.2) is 44.6 Å². The molecule has 33 heavy (non-hydrogen) atoms. The fraction of sp³-hybridized carbons (Fsp3) is 0.500. The summed E-state index contributed by atoms with van der Waals surface area (Å²) in [4.78, 5) is 39.4. The van der Waals surface area contributed by atoms with Crippen molar-refractivity contribution in [3.05, 3.63) is 41.5 Å². The van der Waals surface area contributed by atoms with Gasteiger partial charge in [-0.15, -0.1) is 0 Å². The van der Waals surface area contributed by atoms with Gasteiger partial charge in [-0.3, -0.25) is 14.5 Å². The minimum absolute atomic E-state index is 0.0936. The molecule has 0 radical (unpaired) electrons. The third kappa shape index (κ3) is 4.36. The second-order valence-electron chi connectivity index (χ2n) is 10.3. The number of benzene rings is 1. The predicted octanol–water partition coefficient (Wildman–Crippen LogP) is 3.70. The molecule has 4 rings (SSSR count). The number of halogens is 1. The molecule has 2 N–H and O–H groups in total. The molecule has 1 aromatic heterocycles. The summed E-state index contributed by atoms with van der Waals surface area (Å²) >= 11 is 0. The van der Waals surface area contributed by atoms with E-state index in [1.807, 2.05) is 19.9 Å². The number of anilines is 1. The van der Waals surface area contributed by atoms with Crippen molar-refractivity contribution in [3.8, 4) is 5.69 Å². The van der Waals surface area contributed by atoms with Crippen LogP contribution in [0.5, 0.6) is 0 Å². The van der Waals surface area contributed by atoms with E-state index in [1.165, 1.54) is 16.8 Å². The van der Waals surface area contributed by atoms with E-state index in [2.05, 4.69) is 36.5 Å². The van der Waals surface area contributed by atoms with Gasteiger partial charge in [0.2, 0.25) is 5.91 Å². The minimum Gasteiger partial charge on any atom is -0.324 e. The van der Waals surface area contributed by atoms with Gasteiger partial charge in [-0.25, -0.2) is 13.9 Å². The first-order valence-corrected chi connectivity index (χ1v) is 11.2. The molecule has 0 bridgehead atoms. The van der Waals surface area contributed by atoms with E-state index >= 15 is 0 Å². The topological polar surface area (TPSA) is 96.3 Å². The van der Waals surface area contributed by atoms with E-state index in [-0.39, 0.29) is 28.6 Å². The van der Waals surface area contributed by atoms with Crippen LogP contribution in [0.2, 0.25) is 0 Å². The Kier molecular flexibility index (Phi) is 5.54. The number of hydrogen-bond acceptors (Lipinski definition) is 4. The smallest absolute Gasteiger partial charge is 0.324 e. The molecule has 1 spiro atoms. The summed E-state index contributed by atoms with van der Waals surface area (Å²) < 4.78 is 16.2. The molecule has 1 aromatic carbocycles. The highest BCUT2D eigenvalue weighted by Gasteiger charge is 2.56. The molecule has 1 aliphatic heterocycles. The molecule has 2 unspecified atom stereocenters. The number of carbonyl (C=O) groups excluding carboxylic acids is 3. The Hall–Kier alpha value is -3.23. The van der Waals surface area contributed by atoms with Crippen LogP contribution in [0.3, 0.4) is 0 Å². The maximum atomic E-state index is 14.7. The lowest BCUT2D eigenvalue weighted by atomic mass is 9.64. The summed E-state index contributed by atoms with van der Waals surface area (Å²) in [5.41, 5.74) is 0.998. The van der Waals surface area contributed by atoms with Crippen molar-refractivity contribution in [2.45, 2.75) is 59.4 Å². The van der Waals surface area contributed by atoms with Crippen molar-refractivity contribution in [1.82, 2.24) is 20.0 Å². The molecular weight excluding hydrogens is 425 g/mol. The molecule has 1 saturated carbocycles. The molecular formula is C24H30FN5O3. The number of nitrogens with zero attached hydrogens (tertiary/aromatic N) is 3. The molecule has 1 aliphatic carbocycles. The first-order chi connectivity index (χ1) is 15.4. The van der Waals surface area contributed by atoms with Gasteiger partial charge in [0.25, 0.3) is 5.91 Å². The van der Waals surface area contributed by atoms with E-state index in [1.54, 1.807) is 6.07 Å². The summed E-state index contributed by atoms with van der Waals surface area (Å²) in [6, 6.07) is 5.56. The summed E-state index contributed by atoms with van der Waals surface area (Å²) in [5.74, 6) is -1.22. The number of hydrogen-bond donors (Lipinski definition) is 2. The summed E-state index contributed by atoms with van der Waals surface area (Å²) in [7, 11) is 0. The number of urea groups is 1. The Labute approximate surface area is 192 Å². The average molecular weight is 456 g/mol. The Morgan fingerprint density at radius 1 is 1.24 bits per heavy atom. The van der Waals surface area contributed by atoms with E-state index in [0.29, 0.717) is 12.8 Å². The maximum Gasteiger partial charge on any atom is 0.325 e. The molecule has 2 aromatic rings. The minimum atomic E-state index is -0.966. The zero-order chi connectivity index (χ0) is 24.1. The highest BCUT2D eigenvalue weighted by atomic mass is 19.1. The number of carbonyl (C=O) groups is 3. The van der Waals surface area contributed by atoms with Gasteiger partial charge in [-0.05, 0) is 68.7 Å². The summed E-state index contributed by atoms with van der Waals surface area (Å²) in [6.07, 6.45) is 2.06. The lowest BCUT2D eigenvalue weighted by molar-refractivity contribution is -0.136. The monoisotopic (exact) mass is 455 g/mol. The second kappa shape index (κ2) is 7.97. The van der Waals surface area contributed by atoms with Crippen LogP contribution in [0.15, 0.2) is 24.3 Å². The fourth-order valence-electron chi connectivity index (χ4n) is 5.62. The van der Waals surface area contributed by atoms with Gasteiger partial charge in [-0.2, -0.15) is 5.10 Å². The highest BCUT2D eigenvalue weighted by molar-refractivity contribution is 6.10. The lowest BCUT2D eigenvalue weighted by Gasteiger charge is -2.43. The Morgan fingerprint density at radius 2 is 1.97 bits per heavy atom. The lowest BCUT2D eigenvalue weighted by Crippen LogP contribution is -2.54. The molecule has 2 aliphatic rings. The SMILES string of the molecule is Cc1cc(C)n(-c2ccc(NC(=O)CN3C(=O)NC4(CC(C)CC(C)(C)C4)C3=O)cc2F)n1. The fourth-order valence-corrected chi connectivity index (χ4v) is 5.62. The van der Waals surface area contributed by atoms with Gasteiger partial charge in [0, 0.05) is 11.4 Å². The van der Waals surface area contributed by atoms with Crippen LogP contribution in [0, 0.1) is 31.0 Å². The van der Waals surface area contributed by atoms with Crippen LogP contribution < -0.4 is 10.6 Å². The molecule has 2 fully saturated rings. The summed E-state index contributed by atoms with van der Waals surface area (Å²) in [5, 5.41) is 9.71. The number of amides is 4. The first kappa shape index (κ1) is 22.9. The van der Waals surface area contributed by atoms with Gasteiger partial charge in [0.05, 0.1) is 5.69 Å². The standard InChI is InChI=1S/C24H30FN5O3/c1-14-10-23(4,5)13-24(11-14)21(32)29(22(33)27-24)12-20(31)26-17-6-7-19(18(25)9-17)30-16(3)8-15(2)28-30/h6-9,14H,10-13H2,1-5H3,(H,26,31)(H,27,33). The number of imide groups is 1. The molecule has 8 nitrogen and oxygen atoms in total. The molecule has 2 heterocycles. The quantitative estimate of drug-likeness (QED) is 0.687. The van der Waals surface area contributed by atoms with Crippen LogP contribution in [0.25, 0.3) is 5.69 Å². The summed E-state index contributed by atoms with van der Waals surface area (Å²) in [6.45, 7) is 9.47. The second-order valence-corrected chi connectivity index (χ2v) is 10.3. The van der Waals surface area contributed by atoms with E-state index < -0.39 is 29.8 Å². The zero-order valence-electron chi connectivity index (χ0n) is 19.7. The van der Waals surface area contributed by atoms with E-state index in [4.69, 9.17) is 0 Å². The third-order valence-electron chi connectivity index (χ3n) is 6.40. The number of nitrogens with one attached hydrogen (secondary N) is 2. The Bertz CT molecular complexity index is 1140. The van der Waals surface area contributed by atoms with Crippen molar-refractivity contribution >= 4 is 23.5 Å².